The van der Waals surface area contributed by atoms with Gasteiger partial charge in [0.1, 0.15) is 5.82 Å². The molecule has 0 aliphatic carbocycles. The van der Waals surface area contributed by atoms with Crippen LogP contribution in [0.5, 0.6) is 0 Å². The van der Waals surface area contributed by atoms with Crippen LogP contribution in [0.15, 0.2) is 53.6 Å². The largest absolute Gasteiger partial charge is 0.481 e. The fourth-order valence-electron chi connectivity index (χ4n) is 3.34. The molecule has 0 bridgehead atoms. The molecule has 1 amide bonds. The number of carboxylic acids is 1. The summed E-state index contributed by atoms with van der Waals surface area (Å²) < 4.78 is 38.8. The molecule has 1 aliphatic heterocycles. The highest BCUT2D eigenvalue weighted by molar-refractivity contribution is 7.92. The molecule has 0 radical (unpaired) electrons. The van der Waals surface area contributed by atoms with Crippen molar-refractivity contribution in [2.45, 2.75) is 31.7 Å². The zero-order valence-electron chi connectivity index (χ0n) is 16.8. The Morgan fingerprint density at radius 2 is 1.90 bits per heavy atom. The van der Waals surface area contributed by atoms with Gasteiger partial charge in [0.2, 0.25) is 15.9 Å². The van der Waals surface area contributed by atoms with E-state index in [0.717, 1.165) is 6.26 Å². The fourth-order valence-corrected chi connectivity index (χ4v) is 3.90. The number of carbonyl (C=O) groups excluding carboxylic acids is 1. The van der Waals surface area contributed by atoms with Crippen molar-refractivity contribution in [3.05, 3.63) is 65.5 Å². The Kier molecular flexibility index (Phi) is 6.69. The van der Waals surface area contributed by atoms with Gasteiger partial charge in [-0.25, -0.2) is 17.8 Å². The summed E-state index contributed by atoms with van der Waals surface area (Å²) in [6.45, 7) is 0. The van der Waals surface area contributed by atoms with E-state index in [-0.39, 0.29) is 25.2 Å². The van der Waals surface area contributed by atoms with Crippen molar-refractivity contribution in [1.29, 1.82) is 0 Å². The maximum absolute atomic E-state index is 13.4. The Hall–Kier alpha value is -3.27. The number of nitrogens with zero attached hydrogens (tertiary/aromatic N) is 2. The van der Waals surface area contributed by atoms with Gasteiger partial charge >= 0.3 is 5.97 Å². The number of benzene rings is 2. The Morgan fingerprint density at radius 3 is 2.55 bits per heavy atom. The quantitative estimate of drug-likeness (QED) is 0.645. The minimum Gasteiger partial charge on any atom is -0.481 e. The summed E-state index contributed by atoms with van der Waals surface area (Å²) in [7, 11) is -3.45. The zero-order valence-corrected chi connectivity index (χ0v) is 17.6. The first kappa shape index (κ1) is 22.4. The van der Waals surface area contributed by atoms with Gasteiger partial charge in [-0.3, -0.25) is 14.3 Å². The monoisotopic (exact) mass is 447 g/mol. The average Bonchev–Trinajstić information content (AvgIpc) is 3.13. The third-order valence-electron chi connectivity index (χ3n) is 4.70. The third kappa shape index (κ3) is 6.11. The first-order valence-corrected chi connectivity index (χ1v) is 11.5. The Bertz CT molecular complexity index is 1120. The molecule has 0 saturated carbocycles. The number of hydrogen-bond acceptors (Lipinski definition) is 5. The second-order valence-electron chi connectivity index (χ2n) is 7.26. The van der Waals surface area contributed by atoms with Gasteiger partial charge < -0.3 is 5.11 Å². The molecule has 31 heavy (non-hydrogen) atoms. The second kappa shape index (κ2) is 9.25. The van der Waals surface area contributed by atoms with Crippen molar-refractivity contribution < 1.29 is 27.5 Å². The Morgan fingerprint density at radius 1 is 1.19 bits per heavy atom. The molecule has 2 aromatic carbocycles. The van der Waals surface area contributed by atoms with Crippen LogP contribution >= 0.6 is 0 Å². The smallest absolute Gasteiger partial charge is 0.303 e. The number of carbonyl (C=O) groups is 2. The maximum atomic E-state index is 13.4. The lowest BCUT2D eigenvalue weighted by molar-refractivity contribution is -0.137. The molecule has 1 unspecified atom stereocenters. The van der Waals surface area contributed by atoms with Gasteiger partial charge in [0.25, 0.3) is 0 Å². The number of hydrogen-bond donors (Lipinski definition) is 2. The van der Waals surface area contributed by atoms with Gasteiger partial charge in [0, 0.05) is 24.9 Å². The molecule has 10 heteroatoms. The molecule has 0 spiro atoms. The summed E-state index contributed by atoms with van der Waals surface area (Å²) in [4.78, 5) is 23.5. The number of amides is 1. The highest BCUT2D eigenvalue weighted by Crippen LogP contribution is 2.34. The highest BCUT2D eigenvalue weighted by Gasteiger charge is 2.33. The van der Waals surface area contributed by atoms with Crippen LogP contribution in [0.25, 0.3) is 0 Å². The minimum absolute atomic E-state index is 0.0104. The van der Waals surface area contributed by atoms with Gasteiger partial charge in [-0.1, -0.05) is 24.3 Å². The van der Waals surface area contributed by atoms with Gasteiger partial charge in [0.05, 0.1) is 18.0 Å². The normalized spacial score (nSPS) is 16.1. The standard InChI is InChI=1S/C21H22FN3O5S/c1-31(29,30)24-17-5-2-4-15(12-17)18-13-19(14-8-10-16(22)11-9-14)25(23-18)20(26)6-3-7-21(27)28/h2,4-5,8-12,19,24H,3,6-7,13H2,1H3,(H,27,28). The summed E-state index contributed by atoms with van der Waals surface area (Å²) in [6.07, 6.45) is 1.46. The van der Waals surface area contributed by atoms with E-state index in [1.807, 2.05) is 0 Å². The van der Waals surface area contributed by atoms with E-state index in [1.54, 1.807) is 36.4 Å². The number of rotatable bonds is 8. The summed E-state index contributed by atoms with van der Waals surface area (Å²) in [6, 6.07) is 12.0. The topological polar surface area (TPSA) is 116 Å². The lowest BCUT2D eigenvalue weighted by Crippen LogP contribution is -2.27. The summed E-state index contributed by atoms with van der Waals surface area (Å²) in [5, 5.41) is 14.6. The Labute approximate surface area is 179 Å². The Balaban J connectivity index is 1.89. The third-order valence-corrected chi connectivity index (χ3v) is 5.31. The van der Waals surface area contributed by atoms with E-state index >= 15 is 0 Å². The molecular weight excluding hydrogens is 425 g/mol. The summed E-state index contributed by atoms with van der Waals surface area (Å²) in [5.41, 5.74) is 2.27. The molecule has 2 aromatic rings. The number of carboxylic acid groups (broad SMARTS) is 1. The molecule has 0 aromatic heterocycles. The first-order chi connectivity index (χ1) is 14.6. The van der Waals surface area contributed by atoms with Crippen molar-refractivity contribution >= 4 is 33.3 Å². The van der Waals surface area contributed by atoms with Crippen LogP contribution in [-0.2, 0) is 19.6 Å². The number of aliphatic carboxylic acids is 1. The summed E-state index contributed by atoms with van der Waals surface area (Å²) in [5.74, 6) is -1.72. The fraction of sp³-hybridized carbons (Fsp3) is 0.286. The lowest BCUT2D eigenvalue weighted by Gasteiger charge is -2.22. The lowest BCUT2D eigenvalue weighted by atomic mass is 9.98. The molecular formula is C21H22FN3O5S. The van der Waals surface area contributed by atoms with E-state index < -0.39 is 27.9 Å². The number of hydrazone groups is 1. The molecule has 164 valence electrons. The van der Waals surface area contributed by atoms with Crippen LogP contribution in [0.4, 0.5) is 10.1 Å². The predicted molar refractivity (Wildman–Crippen MR) is 114 cm³/mol. The molecule has 8 nitrogen and oxygen atoms in total. The number of anilines is 1. The molecule has 0 fully saturated rings. The van der Waals surface area contributed by atoms with E-state index in [4.69, 9.17) is 5.11 Å². The highest BCUT2D eigenvalue weighted by atomic mass is 32.2. The summed E-state index contributed by atoms with van der Waals surface area (Å²) >= 11 is 0. The van der Waals surface area contributed by atoms with Gasteiger partial charge in [-0.05, 0) is 41.8 Å². The van der Waals surface area contributed by atoms with Gasteiger partial charge in [-0.2, -0.15) is 5.10 Å². The van der Waals surface area contributed by atoms with Crippen molar-refractivity contribution in [1.82, 2.24) is 5.01 Å². The van der Waals surface area contributed by atoms with Crippen LogP contribution in [0.3, 0.4) is 0 Å². The van der Waals surface area contributed by atoms with Crippen LogP contribution in [0.2, 0.25) is 0 Å². The van der Waals surface area contributed by atoms with Crippen molar-refractivity contribution in [3.63, 3.8) is 0 Å². The van der Waals surface area contributed by atoms with Crippen LogP contribution in [0, 0.1) is 5.82 Å². The first-order valence-electron chi connectivity index (χ1n) is 9.57. The van der Waals surface area contributed by atoms with Gasteiger partial charge in [-0.15, -0.1) is 0 Å². The van der Waals surface area contributed by atoms with Crippen molar-refractivity contribution in [2.24, 2.45) is 5.10 Å². The molecule has 1 atom stereocenters. The van der Waals surface area contributed by atoms with Crippen molar-refractivity contribution in [3.8, 4) is 0 Å². The molecule has 1 heterocycles. The van der Waals surface area contributed by atoms with E-state index in [2.05, 4.69) is 9.82 Å². The van der Waals surface area contributed by atoms with Crippen LogP contribution < -0.4 is 4.72 Å². The minimum atomic E-state index is -3.45. The molecule has 3 rings (SSSR count). The SMILES string of the molecule is CS(=O)(=O)Nc1cccc(C2=NN(C(=O)CCCC(=O)O)C(c3ccc(F)cc3)C2)c1. The average molecular weight is 447 g/mol. The second-order valence-corrected chi connectivity index (χ2v) is 9.01. The number of sulfonamides is 1. The zero-order chi connectivity index (χ0) is 22.6. The predicted octanol–water partition coefficient (Wildman–Crippen LogP) is 3.13. The number of nitrogens with one attached hydrogen (secondary N) is 1. The molecule has 0 saturated heterocycles. The molecule has 2 N–H and O–H groups in total. The number of halogens is 1. The molecule has 1 aliphatic rings. The van der Waals surface area contributed by atoms with Crippen LogP contribution in [0.1, 0.15) is 42.9 Å². The van der Waals surface area contributed by atoms with Crippen LogP contribution in [-0.4, -0.2) is 42.4 Å². The van der Waals surface area contributed by atoms with E-state index in [9.17, 15) is 22.4 Å². The van der Waals surface area contributed by atoms with Crippen molar-refractivity contribution in [2.75, 3.05) is 11.0 Å². The maximum Gasteiger partial charge on any atom is 0.303 e. The van der Waals surface area contributed by atoms with E-state index in [0.29, 0.717) is 28.9 Å². The van der Waals surface area contributed by atoms with Gasteiger partial charge in [0.15, 0.2) is 0 Å². The van der Waals surface area contributed by atoms with E-state index in [1.165, 1.54) is 17.1 Å².